The maximum absolute atomic E-state index is 13.3. The average Bonchev–Trinajstić information content (AvgIpc) is 2.40. The molecule has 0 bridgehead atoms. The molecule has 16 heavy (non-hydrogen) atoms. The molecule has 0 N–H and O–H groups in total. The van der Waals surface area contributed by atoms with Crippen molar-refractivity contribution in [2.24, 2.45) is 0 Å². The summed E-state index contributed by atoms with van der Waals surface area (Å²) < 4.78 is 0. The molecule has 0 unspecified atom stereocenters. The van der Waals surface area contributed by atoms with Crippen molar-refractivity contribution in [1.82, 2.24) is 0 Å². The Bertz CT molecular complexity index is 187. The monoisotopic (exact) mass is 239 g/mol. The first-order valence-electron chi connectivity index (χ1n) is 7.48. The Morgan fingerprint density at radius 1 is 0.812 bits per heavy atom. The lowest BCUT2D eigenvalue weighted by molar-refractivity contribution is 0.324. The summed E-state index contributed by atoms with van der Waals surface area (Å²) in [5, 5.41) is 0. The van der Waals surface area contributed by atoms with Crippen LogP contribution < -0.4 is 0 Å². The van der Waals surface area contributed by atoms with Gasteiger partial charge in [-0.2, -0.15) is 0 Å². The maximum atomic E-state index is 13.3. The maximum Gasteiger partial charge on any atom is 0.243 e. The molecule has 2 fully saturated rings. The molecule has 2 aliphatic rings. The third-order valence-corrected chi connectivity index (χ3v) is 10.2. The Kier molecular flexibility index (Phi) is 4.48. The van der Waals surface area contributed by atoms with Gasteiger partial charge >= 0.3 is 0 Å². The third kappa shape index (κ3) is 2.53. The topological polar surface area (TPSA) is 19.9 Å². The normalized spacial score (nSPS) is 25.9. The fraction of sp³-hybridized carbons (Fsp3) is 1.00. The summed E-state index contributed by atoms with van der Waals surface area (Å²) in [6.07, 6.45) is 13.2. The van der Waals surface area contributed by atoms with Gasteiger partial charge < -0.3 is 0 Å². The smallest absolute Gasteiger partial charge is 0.243 e. The first-order chi connectivity index (χ1) is 7.77. The van der Waals surface area contributed by atoms with Crippen molar-refractivity contribution in [2.45, 2.75) is 88.3 Å². The molecule has 0 saturated heterocycles. The fourth-order valence-electron chi connectivity index (χ4n) is 4.09. The second-order valence-corrected chi connectivity index (χ2v) is 10.2. The quantitative estimate of drug-likeness (QED) is 0.614. The summed E-state index contributed by atoms with van der Waals surface area (Å²) in [5.74, 6) is 0. The van der Waals surface area contributed by atoms with Crippen LogP contribution in [-0.4, -0.2) is 8.32 Å². The van der Waals surface area contributed by atoms with Crippen molar-refractivity contribution in [1.29, 1.82) is 0 Å². The van der Waals surface area contributed by atoms with E-state index in [0.717, 1.165) is 6.04 Å². The minimum absolute atomic E-state index is 0.634. The average molecular weight is 239 g/mol. The molecule has 0 aromatic heterocycles. The number of hydrogen-bond donors (Lipinski definition) is 0. The van der Waals surface area contributed by atoms with E-state index in [9.17, 15) is 4.80 Å². The predicted molar refractivity (Wildman–Crippen MR) is 70.6 cm³/mol. The summed E-state index contributed by atoms with van der Waals surface area (Å²) >= 11 is 0. The van der Waals surface area contributed by atoms with Gasteiger partial charge in [-0.25, -0.2) is 0 Å². The molecule has 0 aliphatic heterocycles. The minimum Gasteiger partial charge on any atom is -0.297 e. The zero-order valence-corrected chi connectivity index (χ0v) is 11.8. The lowest BCUT2D eigenvalue weighted by atomic mass is 9.99. The second-order valence-electron chi connectivity index (χ2n) is 5.98. The van der Waals surface area contributed by atoms with Crippen LogP contribution in [0.3, 0.4) is 0 Å². The zero-order chi connectivity index (χ0) is 11.4. The van der Waals surface area contributed by atoms with Crippen LogP contribution in [0.1, 0.15) is 71.1 Å². The summed E-state index contributed by atoms with van der Waals surface area (Å²) in [4.78, 5) is 13.3. The van der Waals surface area contributed by atoms with E-state index in [-0.39, 0.29) is 0 Å². The van der Waals surface area contributed by atoms with Gasteiger partial charge in [-0.05, 0) is 17.1 Å². The van der Waals surface area contributed by atoms with E-state index in [1.54, 1.807) is 0 Å². The highest BCUT2D eigenvalue weighted by molar-refractivity contribution is 6.75. The Labute approximate surface area is 102 Å². The molecule has 0 spiro atoms. The Hall–Kier alpha value is 0.177. The molecule has 2 aliphatic carbocycles. The lowest BCUT2D eigenvalue weighted by Crippen LogP contribution is -2.44. The molecular formula is C14H27OSi. The number of hydrogen-bond acceptors (Lipinski definition) is 0. The van der Waals surface area contributed by atoms with Gasteiger partial charge in [0.1, 0.15) is 0 Å². The summed E-state index contributed by atoms with van der Waals surface area (Å²) in [6.45, 7) is 2.20. The largest absolute Gasteiger partial charge is 0.297 e. The van der Waals surface area contributed by atoms with Crippen LogP contribution >= 0.6 is 0 Å². The van der Waals surface area contributed by atoms with Gasteiger partial charge in [-0.15, -0.1) is 0 Å². The highest BCUT2D eigenvalue weighted by atomic mass is 28.4. The van der Waals surface area contributed by atoms with E-state index in [0.29, 0.717) is 11.1 Å². The van der Waals surface area contributed by atoms with Gasteiger partial charge in [0.15, 0.2) is 0 Å². The molecule has 0 aromatic carbocycles. The minimum atomic E-state index is -2.17. The van der Waals surface area contributed by atoms with Crippen molar-refractivity contribution < 1.29 is 4.80 Å². The van der Waals surface area contributed by atoms with Gasteiger partial charge in [-0.1, -0.05) is 71.1 Å². The van der Waals surface area contributed by atoms with E-state index >= 15 is 0 Å². The van der Waals surface area contributed by atoms with Crippen LogP contribution in [0.4, 0.5) is 0 Å². The molecule has 0 heterocycles. The van der Waals surface area contributed by atoms with Crippen LogP contribution in [0.2, 0.25) is 17.1 Å². The molecule has 0 atom stereocenters. The van der Waals surface area contributed by atoms with Crippen LogP contribution in [0.5, 0.6) is 0 Å². The molecule has 2 heteroatoms. The van der Waals surface area contributed by atoms with Crippen LogP contribution in [0, 0.1) is 0 Å². The molecule has 93 valence electrons. The standard InChI is InChI=1S/C14H27OSi/c1-2-16(15,13-9-5-3-6-10-13)14-11-7-4-8-12-14/h13-14H,2-12H2,1H3. The van der Waals surface area contributed by atoms with Gasteiger partial charge in [0, 0.05) is 0 Å². The van der Waals surface area contributed by atoms with Crippen molar-refractivity contribution in [3.05, 3.63) is 0 Å². The molecule has 1 nitrogen and oxygen atoms in total. The van der Waals surface area contributed by atoms with Crippen LogP contribution in [0.25, 0.3) is 0 Å². The SMILES string of the molecule is CC[Si]([O])(C1CCCCC1)C1CCCCC1. The van der Waals surface area contributed by atoms with Gasteiger partial charge in [0.25, 0.3) is 0 Å². The van der Waals surface area contributed by atoms with Gasteiger partial charge in [-0.3, -0.25) is 4.80 Å². The fourth-order valence-corrected chi connectivity index (χ4v) is 8.69. The Morgan fingerprint density at radius 3 is 1.50 bits per heavy atom. The molecule has 2 rings (SSSR count). The summed E-state index contributed by atoms with van der Waals surface area (Å²) in [5.41, 5.74) is 1.27. The molecule has 1 radical (unpaired) electrons. The van der Waals surface area contributed by atoms with E-state index in [2.05, 4.69) is 6.92 Å². The van der Waals surface area contributed by atoms with Crippen molar-refractivity contribution >= 4 is 8.32 Å². The second kappa shape index (κ2) is 5.68. The van der Waals surface area contributed by atoms with E-state index in [1.165, 1.54) is 64.2 Å². The molecule has 0 amide bonds. The van der Waals surface area contributed by atoms with E-state index in [4.69, 9.17) is 0 Å². The van der Waals surface area contributed by atoms with Crippen molar-refractivity contribution in [3.63, 3.8) is 0 Å². The van der Waals surface area contributed by atoms with Gasteiger partial charge in [0.05, 0.1) is 0 Å². The van der Waals surface area contributed by atoms with Crippen LogP contribution in [-0.2, 0) is 4.80 Å². The molecule has 2 saturated carbocycles. The zero-order valence-electron chi connectivity index (χ0n) is 10.8. The summed E-state index contributed by atoms with van der Waals surface area (Å²) in [7, 11) is -2.17. The Balaban J connectivity index is 2.03. The highest BCUT2D eigenvalue weighted by Crippen LogP contribution is 2.48. The lowest BCUT2D eigenvalue weighted by Gasteiger charge is -2.40. The van der Waals surface area contributed by atoms with E-state index in [1.807, 2.05) is 0 Å². The van der Waals surface area contributed by atoms with Crippen LogP contribution in [0.15, 0.2) is 0 Å². The first-order valence-corrected chi connectivity index (χ1v) is 9.75. The Morgan fingerprint density at radius 2 is 1.19 bits per heavy atom. The van der Waals surface area contributed by atoms with Crippen molar-refractivity contribution in [2.75, 3.05) is 0 Å². The molecular weight excluding hydrogens is 212 g/mol. The summed E-state index contributed by atoms with van der Waals surface area (Å²) in [6, 6.07) is 1.00. The van der Waals surface area contributed by atoms with E-state index < -0.39 is 8.32 Å². The number of rotatable bonds is 3. The third-order valence-electron chi connectivity index (χ3n) is 5.15. The highest BCUT2D eigenvalue weighted by Gasteiger charge is 2.47. The first kappa shape index (κ1) is 12.6. The van der Waals surface area contributed by atoms with Gasteiger partial charge in [0.2, 0.25) is 8.32 Å². The van der Waals surface area contributed by atoms with Crippen molar-refractivity contribution in [3.8, 4) is 0 Å². The predicted octanol–water partition coefficient (Wildman–Crippen LogP) is 5.05. The molecule has 0 aromatic rings.